The van der Waals surface area contributed by atoms with Crippen LogP contribution in [0.3, 0.4) is 0 Å². The zero-order valence-corrected chi connectivity index (χ0v) is 13.0. The van der Waals surface area contributed by atoms with Crippen molar-refractivity contribution >= 4 is 23.2 Å². The summed E-state index contributed by atoms with van der Waals surface area (Å²) in [6, 6.07) is 23.5. The van der Waals surface area contributed by atoms with E-state index in [1.54, 1.807) is 30.3 Å². The lowest BCUT2D eigenvalue weighted by Gasteiger charge is -2.12. The maximum absolute atomic E-state index is 12.3. The number of anilines is 1. The molecule has 3 rings (SSSR count). The van der Waals surface area contributed by atoms with Crippen molar-refractivity contribution < 1.29 is 9.53 Å². The van der Waals surface area contributed by atoms with E-state index in [2.05, 4.69) is 5.32 Å². The topological polar surface area (TPSA) is 38.3 Å². The highest BCUT2D eigenvalue weighted by atomic mass is 35.5. The highest BCUT2D eigenvalue weighted by Gasteiger charge is 2.10. The number of benzene rings is 3. The second-order valence-corrected chi connectivity index (χ2v) is 5.31. The molecule has 0 radical (unpaired) electrons. The van der Waals surface area contributed by atoms with Gasteiger partial charge in [-0.3, -0.25) is 4.79 Å². The minimum Gasteiger partial charge on any atom is -0.455 e. The maximum atomic E-state index is 12.3. The zero-order valence-electron chi connectivity index (χ0n) is 12.2. The van der Waals surface area contributed by atoms with Crippen LogP contribution in [0.4, 0.5) is 5.69 Å². The fourth-order valence-electron chi connectivity index (χ4n) is 2.07. The number of halogens is 1. The Labute approximate surface area is 139 Å². The Morgan fingerprint density at radius 1 is 0.826 bits per heavy atom. The molecule has 1 amide bonds. The Morgan fingerprint density at radius 2 is 1.48 bits per heavy atom. The lowest BCUT2D eigenvalue weighted by atomic mass is 10.2. The monoisotopic (exact) mass is 323 g/mol. The van der Waals surface area contributed by atoms with Crippen LogP contribution in [-0.2, 0) is 0 Å². The van der Waals surface area contributed by atoms with Crippen LogP contribution >= 0.6 is 11.6 Å². The summed E-state index contributed by atoms with van der Waals surface area (Å²) in [6.45, 7) is 0. The highest BCUT2D eigenvalue weighted by molar-refractivity contribution is 6.30. The van der Waals surface area contributed by atoms with E-state index in [9.17, 15) is 4.79 Å². The minimum absolute atomic E-state index is 0.217. The van der Waals surface area contributed by atoms with Crippen LogP contribution < -0.4 is 10.1 Å². The van der Waals surface area contributed by atoms with E-state index in [1.807, 2.05) is 48.5 Å². The number of para-hydroxylation sites is 3. The molecule has 0 aliphatic carbocycles. The number of carbonyl (C=O) groups is 1. The molecule has 0 aromatic heterocycles. The number of ether oxygens (including phenoxy) is 1. The average molecular weight is 324 g/mol. The third-order valence-electron chi connectivity index (χ3n) is 3.21. The summed E-state index contributed by atoms with van der Waals surface area (Å²) >= 11 is 5.84. The van der Waals surface area contributed by atoms with Gasteiger partial charge < -0.3 is 10.1 Å². The Kier molecular flexibility index (Phi) is 4.60. The molecular formula is C19H14ClNO2. The van der Waals surface area contributed by atoms with Gasteiger partial charge in [0.1, 0.15) is 5.75 Å². The molecule has 1 N–H and O–H groups in total. The van der Waals surface area contributed by atoms with Gasteiger partial charge in [-0.15, -0.1) is 0 Å². The van der Waals surface area contributed by atoms with Crippen LogP contribution in [0.1, 0.15) is 10.4 Å². The van der Waals surface area contributed by atoms with Crippen molar-refractivity contribution in [1.82, 2.24) is 0 Å². The first kappa shape index (κ1) is 15.1. The van der Waals surface area contributed by atoms with Crippen molar-refractivity contribution in [2.75, 3.05) is 5.32 Å². The number of amides is 1. The van der Waals surface area contributed by atoms with Gasteiger partial charge in [-0.25, -0.2) is 0 Å². The van der Waals surface area contributed by atoms with Crippen molar-refractivity contribution in [2.24, 2.45) is 0 Å². The predicted molar refractivity (Wildman–Crippen MR) is 92.4 cm³/mol. The van der Waals surface area contributed by atoms with Crippen LogP contribution in [0.25, 0.3) is 0 Å². The summed E-state index contributed by atoms with van der Waals surface area (Å²) in [5.41, 5.74) is 1.14. The third kappa shape index (κ3) is 3.90. The van der Waals surface area contributed by atoms with Crippen molar-refractivity contribution in [3.05, 3.63) is 89.4 Å². The van der Waals surface area contributed by atoms with E-state index >= 15 is 0 Å². The number of hydrogen-bond donors (Lipinski definition) is 1. The molecule has 0 saturated carbocycles. The van der Waals surface area contributed by atoms with Crippen LogP contribution in [0.15, 0.2) is 78.9 Å². The summed E-state index contributed by atoms with van der Waals surface area (Å²) in [7, 11) is 0. The Balaban J connectivity index is 1.80. The lowest BCUT2D eigenvalue weighted by molar-refractivity contribution is 0.102. The quantitative estimate of drug-likeness (QED) is 0.699. The summed E-state index contributed by atoms with van der Waals surface area (Å²) < 4.78 is 5.83. The molecule has 0 unspecified atom stereocenters. The second kappa shape index (κ2) is 6.99. The standard InChI is InChI=1S/C19H14ClNO2/c20-15-12-10-14(11-13-15)19(22)21-17-8-4-5-9-18(17)23-16-6-2-1-3-7-16/h1-13H,(H,21,22). The molecule has 0 saturated heterocycles. The van der Waals surface area contributed by atoms with Crippen molar-refractivity contribution in [3.63, 3.8) is 0 Å². The van der Waals surface area contributed by atoms with Gasteiger partial charge in [0.25, 0.3) is 5.91 Å². The van der Waals surface area contributed by atoms with E-state index in [1.165, 1.54) is 0 Å². The molecule has 0 aliphatic heterocycles. The number of nitrogens with one attached hydrogen (secondary N) is 1. The van der Waals surface area contributed by atoms with Crippen LogP contribution in [0.5, 0.6) is 11.5 Å². The average Bonchev–Trinajstić information content (AvgIpc) is 2.58. The van der Waals surface area contributed by atoms with Crippen LogP contribution in [0, 0.1) is 0 Å². The Hall–Kier alpha value is -2.78. The molecule has 0 heterocycles. The summed E-state index contributed by atoms with van der Waals surface area (Å²) in [5.74, 6) is 1.08. The molecule has 4 heteroatoms. The molecule has 114 valence electrons. The van der Waals surface area contributed by atoms with Gasteiger partial charge in [-0.05, 0) is 48.5 Å². The highest BCUT2D eigenvalue weighted by Crippen LogP contribution is 2.29. The smallest absolute Gasteiger partial charge is 0.255 e. The summed E-state index contributed by atoms with van der Waals surface area (Å²) in [4.78, 5) is 12.3. The normalized spacial score (nSPS) is 10.1. The van der Waals surface area contributed by atoms with E-state index in [4.69, 9.17) is 16.3 Å². The van der Waals surface area contributed by atoms with Crippen LogP contribution in [-0.4, -0.2) is 5.91 Å². The van der Waals surface area contributed by atoms with Crippen molar-refractivity contribution in [1.29, 1.82) is 0 Å². The van der Waals surface area contributed by atoms with E-state index in [0.717, 1.165) is 0 Å². The molecule has 0 aliphatic rings. The Bertz CT molecular complexity index is 801. The summed E-state index contributed by atoms with van der Waals surface area (Å²) in [5, 5.41) is 3.45. The first-order valence-electron chi connectivity index (χ1n) is 7.11. The summed E-state index contributed by atoms with van der Waals surface area (Å²) in [6.07, 6.45) is 0. The molecule has 3 aromatic rings. The first-order valence-corrected chi connectivity index (χ1v) is 7.49. The largest absolute Gasteiger partial charge is 0.455 e. The fourth-order valence-corrected chi connectivity index (χ4v) is 2.20. The molecule has 3 aromatic carbocycles. The number of rotatable bonds is 4. The minimum atomic E-state index is -0.217. The van der Waals surface area contributed by atoms with Gasteiger partial charge in [0, 0.05) is 10.6 Å². The van der Waals surface area contributed by atoms with E-state index < -0.39 is 0 Å². The zero-order chi connectivity index (χ0) is 16.1. The van der Waals surface area contributed by atoms with Crippen molar-refractivity contribution in [2.45, 2.75) is 0 Å². The van der Waals surface area contributed by atoms with Gasteiger partial charge in [0.15, 0.2) is 5.75 Å². The second-order valence-electron chi connectivity index (χ2n) is 4.87. The van der Waals surface area contributed by atoms with Gasteiger partial charge >= 0.3 is 0 Å². The van der Waals surface area contributed by atoms with Gasteiger partial charge in [-0.2, -0.15) is 0 Å². The predicted octanol–water partition coefficient (Wildman–Crippen LogP) is 5.38. The Morgan fingerprint density at radius 3 is 2.22 bits per heavy atom. The molecule has 3 nitrogen and oxygen atoms in total. The molecule has 23 heavy (non-hydrogen) atoms. The fraction of sp³-hybridized carbons (Fsp3) is 0. The maximum Gasteiger partial charge on any atom is 0.255 e. The first-order chi connectivity index (χ1) is 11.2. The number of hydrogen-bond acceptors (Lipinski definition) is 2. The van der Waals surface area contributed by atoms with Crippen molar-refractivity contribution in [3.8, 4) is 11.5 Å². The molecule has 0 fully saturated rings. The SMILES string of the molecule is O=C(Nc1ccccc1Oc1ccccc1)c1ccc(Cl)cc1. The molecule has 0 atom stereocenters. The third-order valence-corrected chi connectivity index (χ3v) is 3.46. The van der Waals surface area contributed by atoms with E-state index in [-0.39, 0.29) is 5.91 Å². The van der Waals surface area contributed by atoms with Gasteiger partial charge in [0.2, 0.25) is 0 Å². The van der Waals surface area contributed by atoms with Crippen LogP contribution in [0.2, 0.25) is 5.02 Å². The number of carbonyl (C=O) groups excluding carboxylic acids is 1. The van der Waals surface area contributed by atoms with E-state index in [0.29, 0.717) is 27.8 Å². The molecule has 0 bridgehead atoms. The van der Waals surface area contributed by atoms with Gasteiger partial charge in [-0.1, -0.05) is 41.9 Å². The lowest BCUT2D eigenvalue weighted by Crippen LogP contribution is -2.12. The molecule has 0 spiro atoms. The molecular weight excluding hydrogens is 310 g/mol. The van der Waals surface area contributed by atoms with Gasteiger partial charge in [0.05, 0.1) is 5.69 Å².